The highest BCUT2D eigenvalue weighted by atomic mass is 16.5. The Kier molecular flexibility index (Phi) is 4.65. The van der Waals surface area contributed by atoms with E-state index in [0.29, 0.717) is 6.54 Å². The maximum atomic E-state index is 5.58. The largest absolute Gasteiger partial charge is 0.496 e. The van der Waals surface area contributed by atoms with Crippen LogP contribution in [0.15, 0.2) is 85.5 Å². The number of para-hydroxylation sites is 3. The minimum Gasteiger partial charge on any atom is -0.496 e. The van der Waals surface area contributed by atoms with Gasteiger partial charge in [0.25, 0.3) is 0 Å². The van der Waals surface area contributed by atoms with Crippen LogP contribution in [0.4, 0.5) is 5.69 Å². The van der Waals surface area contributed by atoms with E-state index in [4.69, 9.17) is 4.74 Å². The monoisotopic (exact) mass is 395 g/mol. The molecule has 3 aromatic carbocycles. The molecule has 0 bridgehead atoms. The molecule has 0 unspecified atom stereocenters. The van der Waals surface area contributed by atoms with Crippen molar-refractivity contribution in [2.45, 2.75) is 6.54 Å². The van der Waals surface area contributed by atoms with Crippen LogP contribution in [-0.4, -0.2) is 26.6 Å². The molecule has 0 atom stereocenters. The van der Waals surface area contributed by atoms with Gasteiger partial charge in [-0.05, 0) is 35.9 Å². The number of ether oxygens (including phenoxy) is 1. The van der Waals surface area contributed by atoms with Crippen molar-refractivity contribution in [3.05, 3.63) is 91.0 Å². The van der Waals surface area contributed by atoms with Crippen molar-refractivity contribution in [1.82, 2.24) is 19.5 Å². The van der Waals surface area contributed by atoms with Crippen molar-refractivity contribution >= 4 is 16.7 Å². The van der Waals surface area contributed by atoms with Crippen LogP contribution in [-0.2, 0) is 6.54 Å². The molecule has 5 aromatic rings. The van der Waals surface area contributed by atoms with Gasteiger partial charge < -0.3 is 15.0 Å². The predicted octanol–water partition coefficient (Wildman–Crippen LogP) is 5.04. The molecule has 0 aliphatic rings. The van der Waals surface area contributed by atoms with Gasteiger partial charge in [-0.15, -0.1) is 0 Å². The number of rotatable bonds is 6. The van der Waals surface area contributed by atoms with Gasteiger partial charge in [0.1, 0.15) is 17.9 Å². The quantitative estimate of drug-likeness (QED) is 0.423. The Hall–Kier alpha value is -4.06. The van der Waals surface area contributed by atoms with E-state index < -0.39 is 0 Å². The first-order chi connectivity index (χ1) is 14.8. The molecule has 0 aliphatic heterocycles. The number of benzene rings is 3. The fraction of sp³-hybridized carbons (Fsp3) is 0.0833. The highest BCUT2D eigenvalue weighted by Crippen LogP contribution is 2.31. The highest BCUT2D eigenvalue weighted by molar-refractivity contribution is 5.77. The predicted molar refractivity (Wildman–Crippen MR) is 119 cm³/mol. The molecule has 6 heteroatoms. The van der Waals surface area contributed by atoms with Gasteiger partial charge in [0.05, 0.1) is 29.4 Å². The maximum Gasteiger partial charge on any atom is 0.141 e. The highest BCUT2D eigenvalue weighted by Gasteiger charge is 2.11. The van der Waals surface area contributed by atoms with Gasteiger partial charge in [0.2, 0.25) is 0 Å². The summed E-state index contributed by atoms with van der Waals surface area (Å²) in [6.07, 6.45) is 5.42. The molecule has 0 amide bonds. The van der Waals surface area contributed by atoms with Crippen molar-refractivity contribution < 1.29 is 4.74 Å². The second-order valence-electron chi connectivity index (χ2n) is 6.94. The van der Waals surface area contributed by atoms with E-state index >= 15 is 0 Å². The third-order valence-corrected chi connectivity index (χ3v) is 5.14. The minimum absolute atomic E-state index is 0.673. The molecule has 0 saturated carbocycles. The second kappa shape index (κ2) is 7.75. The maximum absolute atomic E-state index is 5.58. The minimum atomic E-state index is 0.673. The molecule has 2 heterocycles. The molecule has 2 aromatic heterocycles. The molecule has 30 heavy (non-hydrogen) atoms. The number of hydrogen-bond acceptors (Lipinski definition) is 4. The van der Waals surface area contributed by atoms with Crippen LogP contribution in [0.5, 0.6) is 5.75 Å². The molecule has 0 aliphatic carbocycles. The van der Waals surface area contributed by atoms with Gasteiger partial charge in [0, 0.05) is 30.7 Å². The molecule has 6 nitrogen and oxygen atoms in total. The van der Waals surface area contributed by atoms with Crippen LogP contribution in [0.2, 0.25) is 0 Å². The molecular weight excluding hydrogens is 374 g/mol. The van der Waals surface area contributed by atoms with Gasteiger partial charge in [-0.1, -0.05) is 30.3 Å². The molecule has 0 radical (unpaired) electrons. The fourth-order valence-electron chi connectivity index (χ4n) is 3.65. The molecule has 0 saturated heterocycles. The summed E-state index contributed by atoms with van der Waals surface area (Å²) in [6.45, 7) is 0.673. The molecule has 2 N–H and O–H groups in total. The van der Waals surface area contributed by atoms with Crippen LogP contribution in [0.1, 0.15) is 5.56 Å². The van der Waals surface area contributed by atoms with E-state index in [2.05, 4.69) is 55.2 Å². The van der Waals surface area contributed by atoms with Gasteiger partial charge in [0.15, 0.2) is 0 Å². The summed E-state index contributed by atoms with van der Waals surface area (Å²) in [5, 5.41) is 3.51. The zero-order chi connectivity index (χ0) is 20.3. The Labute approximate surface area is 174 Å². The lowest BCUT2D eigenvalue weighted by Crippen LogP contribution is -2.05. The van der Waals surface area contributed by atoms with Gasteiger partial charge >= 0.3 is 0 Å². The van der Waals surface area contributed by atoms with Crippen molar-refractivity contribution in [3.8, 4) is 22.8 Å². The third-order valence-electron chi connectivity index (χ3n) is 5.14. The third kappa shape index (κ3) is 3.28. The van der Waals surface area contributed by atoms with Crippen LogP contribution in [0, 0.1) is 0 Å². The smallest absolute Gasteiger partial charge is 0.141 e. The summed E-state index contributed by atoms with van der Waals surface area (Å²) >= 11 is 0. The number of H-pyrrole nitrogens is 1. The lowest BCUT2D eigenvalue weighted by molar-refractivity contribution is 0.416. The van der Waals surface area contributed by atoms with Gasteiger partial charge in [-0.2, -0.15) is 0 Å². The number of aromatic nitrogens is 4. The van der Waals surface area contributed by atoms with Crippen molar-refractivity contribution in [1.29, 1.82) is 0 Å². The number of aromatic amines is 1. The topological polar surface area (TPSA) is 67.8 Å². The number of nitrogens with zero attached hydrogens (tertiary/aromatic N) is 3. The Morgan fingerprint density at radius 3 is 2.73 bits per heavy atom. The van der Waals surface area contributed by atoms with Crippen LogP contribution >= 0.6 is 0 Å². The average Bonchev–Trinajstić information content (AvgIpc) is 3.48. The molecule has 5 rings (SSSR count). The van der Waals surface area contributed by atoms with Crippen molar-refractivity contribution in [2.75, 3.05) is 12.4 Å². The lowest BCUT2D eigenvalue weighted by atomic mass is 10.1. The van der Waals surface area contributed by atoms with Crippen LogP contribution in [0.25, 0.3) is 28.1 Å². The number of anilines is 1. The Morgan fingerprint density at radius 1 is 1.00 bits per heavy atom. The zero-order valence-corrected chi connectivity index (χ0v) is 16.5. The standard InChI is InChI=1S/C24H21N5O/c1-30-23-14-18(10-11-19(23)24-25-12-13-26-24)27-15-17-6-2-4-8-21(17)29-16-28-20-7-3-5-9-22(20)29/h2-14,16,27H,15H2,1H3,(H,25,26). The van der Waals surface area contributed by atoms with E-state index in [1.807, 2.05) is 42.7 Å². The van der Waals surface area contributed by atoms with Crippen molar-refractivity contribution in [3.63, 3.8) is 0 Å². The van der Waals surface area contributed by atoms with E-state index in [1.165, 1.54) is 5.56 Å². The normalized spacial score (nSPS) is 11.0. The van der Waals surface area contributed by atoms with E-state index in [-0.39, 0.29) is 0 Å². The Balaban J connectivity index is 1.43. The summed E-state index contributed by atoms with van der Waals surface area (Å²) in [5.74, 6) is 1.56. The molecule has 0 spiro atoms. The summed E-state index contributed by atoms with van der Waals surface area (Å²) in [4.78, 5) is 12.0. The van der Waals surface area contributed by atoms with Gasteiger partial charge in [-0.3, -0.25) is 4.57 Å². The summed E-state index contributed by atoms with van der Waals surface area (Å²) in [7, 11) is 1.67. The lowest BCUT2D eigenvalue weighted by Gasteiger charge is -2.14. The fourth-order valence-corrected chi connectivity index (χ4v) is 3.65. The molecular formula is C24H21N5O. The summed E-state index contributed by atoms with van der Waals surface area (Å²) in [5.41, 5.74) is 6.27. The van der Waals surface area contributed by atoms with E-state index in [9.17, 15) is 0 Å². The van der Waals surface area contributed by atoms with Crippen LogP contribution in [0.3, 0.4) is 0 Å². The summed E-state index contributed by atoms with van der Waals surface area (Å²) < 4.78 is 7.71. The number of methoxy groups -OCH3 is 1. The first-order valence-electron chi connectivity index (χ1n) is 9.75. The first kappa shape index (κ1) is 18.0. The van der Waals surface area contributed by atoms with E-state index in [0.717, 1.165) is 39.5 Å². The zero-order valence-electron chi connectivity index (χ0n) is 16.5. The average molecular weight is 395 g/mol. The van der Waals surface area contributed by atoms with E-state index in [1.54, 1.807) is 19.5 Å². The summed E-state index contributed by atoms with van der Waals surface area (Å²) in [6, 6.07) is 22.6. The number of imidazole rings is 2. The van der Waals surface area contributed by atoms with Crippen molar-refractivity contribution in [2.24, 2.45) is 0 Å². The Morgan fingerprint density at radius 2 is 1.87 bits per heavy atom. The number of hydrogen-bond donors (Lipinski definition) is 2. The second-order valence-corrected chi connectivity index (χ2v) is 6.94. The SMILES string of the molecule is COc1cc(NCc2ccccc2-n2cnc3ccccc32)ccc1-c1ncc[nH]1. The molecule has 0 fully saturated rings. The van der Waals surface area contributed by atoms with Crippen LogP contribution < -0.4 is 10.1 Å². The molecule has 148 valence electrons. The Bertz CT molecular complexity index is 1290. The first-order valence-corrected chi connectivity index (χ1v) is 9.75. The number of nitrogens with one attached hydrogen (secondary N) is 2. The number of fused-ring (bicyclic) bond motifs is 1. The van der Waals surface area contributed by atoms with Gasteiger partial charge in [-0.25, -0.2) is 9.97 Å².